The molecule has 226 valence electrons. The molecule has 0 spiro atoms. The second-order valence-electron chi connectivity index (χ2n) is 10.8. The molecule has 1 heterocycles. The number of benzene rings is 3. The molecular formula is C34H40N4O5. The van der Waals surface area contributed by atoms with Gasteiger partial charge in [-0.15, -0.1) is 0 Å². The molecule has 9 heteroatoms. The molecule has 1 aromatic heterocycles. The highest BCUT2D eigenvalue weighted by Crippen LogP contribution is 2.38. The molecule has 5 rings (SSSR count). The first-order valence-electron chi connectivity index (χ1n) is 14.9. The van der Waals surface area contributed by atoms with Gasteiger partial charge in [0.1, 0.15) is 12.4 Å². The van der Waals surface area contributed by atoms with Gasteiger partial charge in [-0.1, -0.05) is 61.7 Å². The summed E-state index contributed by atoms with van der Waals surface area (Å²) in [5.74, 6) is 1.80. The number of amides is 2. The van der Waals surface area contributed by atoms with Crippen LogP contribution in [0.4, 0.5) is 0 Å². The largest absolute Gasteiger partial charge is 0.493 e. The maximum absolute atomic E-state index is 14.0. The van der Waals surface area contributed by atoms with Crippen LogP contribution >= 0.6 is 0 Å². The highest BCUT2D eigenvalue weighted by atomic mass is 16.5. The molecular weight excluding hydrogens is 544 g/mol. The predicted molar refractivity (Wildman–Crippen MR) is 166 cm³/mol. The minimum Gasteiger partial charge on any atom is -0.493 e. The van der Waals surface area contributed by atoms with Gasteiger partial charge in [-0.3, -0.25) is 9.59 Å². The number of rotatable bonds is 12. The summed E-state index contributed by atoms with van der Waals surface area (Å²) >= 11 is 0. The molecule has 0 radical (unpaired) electrons. The Morgan fingerprint density at radius 2 is 1.58 bits per heavy atom. The first kappa shape index (κ1) is 29.9. The fourth-order valence-corrected chi connectivity index (χ4v) is 5.91. The second kappa shape index (κ2) is 14.1. The number of carbonyl (C=O) groups excluding carboxylic acids is 2. The van der Waals surface area contributed by atoms with Crippen LogP contribution < -0.4 is 19.5 Å². The number of nitrogens with zero attached hydrogens (tertiary/aromatic N) is 3. The number of imidazole rings is 1. The number of ether oxygens (including phenoxy) is 3. The molecule has 2 amide bonds. The summed E-state index contributed by atoms with van der Waals surface area (Å²) < 4.78 is 18.2. The van der Waals surface area contributed by atoms with Crippen molar-refractivity contribution in [3.63, 3.8) is 0 Å². The number of hydrogen-bond donors (Lipinski definition) is 1. The van der Waals surface area contributed by atoms with Crippen molar-refractivity contribution >= 4 is 22.8 Å². The summed E-state index contributed by atoms with van der Waals surface area (Å²) in [7, 11) is 4.55. The topological polar surface area (TPSA) is 94.9 Å². The van der Waals surface area contributed by atoms with Crippen LogP contribution in [0.25, 0.3) is 11.0 Å². The molecule has 43 heavy (non-hydrogen) atoms. The van der Waals surface area contributed by atoms with E-state index in [0.717, 1.165) is 48.1 Å². The minimum atomic E-state index is -0.274. The molecule has 4 aromatic rings. The van der Waals surface area contributed by atoms with Crippen molar-refractivity contribution in [1.29, 1.82) is 0 Å². The zero-order valence-corrected chi connectivity index (χ0v) is 25.2. The SMILES string of the molecule is COc1cc(C(=O)NCCc2nc3ccccc3n2CC(=O)N(Cc2ccccc2)C2CCCCC2)cc(OC)c1OC. The number of fused-ring (bicyclic) bond motifs is 1. The first-order chi connectivity index (χ1) is 21.0. The van der Waals surface area contributed by atoms with Gasteiger partial charge in [-0.2, -0.15) is 0 Å². The van der Waals surface area contributed by atoms with Gasteiger partial charge in [0.05, 0.1) is 32.4 Å². The van der Waals surface area contributed by atoms with E-state index in [2.05, 4.69) is 22.3 Å². The Labute approximate surface area is 252 Å². The normalized spacial score (nSPS) is 13.5. The highest BCUT2D eigenvalue weighted by Gasteiger charge is 2.27. The molecule has 1 saturated carbocycles. The maximum atomic E-state index is 14.0. The average molecular weight is 585 g/mol. The lowest BCUT2D eigenvalue weighted by Crippen LogP contribution is -2.42. The minimum absolute atomic E-state index is 0.0848. The van der Waals surface area contributed by atoms with E-state index < -0.39 is 0 Å². The predicted octanol–water partition coefficient (Wildman–Crippen LogP) is 5.40. The monoisotopic (exact) mass is 584 g/mol. The van der Waals surface area contributed by atoms with E-state index in [0.29, 0.717) is 42.3 Å². The number of aromatic nitrogens is 2. The van der Waals surface area contributed by atoms with Gasteiger partial charge >= 0.3 is 0 Å². The van der Waals surface area contributed by atoms with Gasteiger partial charge in [0.25, 0.3) is 5.91 Å². The molecule has 9 nitrogen and oxygen atoms in total. The first-order valence-corrected chi connectivity index (χ1v) is 14.9. The van der Waals surface area contributed by atoms with Crippen molar-refractivity contribution in [2.75, 3.05) is 27.9 Å². The van der Waals surface area contributed by atoms with E-state index >= 15 is 0 Å². The van der Waals surface area contributed by atoms with Crippen LogP contribution in [0, 0.1) is 0 Å². The van der Waals surface area contributed by atoms with Gasteiger partial charge in [0.15, 0.2) is 11.5 Å². The van der Waals surface area contributed by atoms with Crippen LogP contribution in [0.15, 0.2) is 66.7 Å². The summed E-state index contributed by atoms with van der Waals surface area (Å²) in [5.41, 5.74) is 3.26. The molecule has 0 aliphatic heterocycles. The lowest BCUT2D eigenvalue weighted by Gasteiger charge is -2.35. The van der Waals surface area contributed by atoms with E-state index in [9.17, 15) is 9.59 Å². The molecule has 3 aromatic carbocycles. The van der Waals surface area contributed by atoms with Gasteiger partial charge in [-0.25, -0.2) is 4.98 Å². The van der Waals surface area contributed by atoms with Crippen molar-refractivity contribution in [3.8, 4) is 17.2 Å². The number of methoxy groups -OCH3 is 3. The number of carbonyl (C=O) groups is 2. The zero-order valence-electron chi connectivity index (χ0n) is 25.2. The lowest BCUT2D eigenvalue weighted by molar-refractivity contribution is -0.135. The van der Waals surface area contributed by atoms with Crippen LogP contribution in [0.1, 0.15) is 53.8 Å². The number of para-hydroxylation sites is 2. The Morgan fingerprint density at radius 3 is 2.26 bits per heavy atom. The third-order valence-electron chi connectivity index (χ3n) is 8.12. The Balaban J connectivity index is 1.34. The van der Waals surface area contributed by atoms with Gasteiger partial charge in [-0.05, 0) is 42.7 Å². The fourth-order valence-electron chi connectivity index (χ4n) is 5.91. The summed E-state index contributed by atoms with van der Waals surface area (Å²) in [4.78, 5) is 34.0. The van der Waals surface area contributed by atoms with E-state index in [4.69, 9.17) is 19.2 Å². The molecule has 0 saturated heterocycles. The smallest absolute Gasteiger partial charge is 0.251 e. The van der Waals surface area contributed by atoms with E-state index in [1.165, 1.54) is 27.8 Å². The molecule has 0 atom stereocenters. The third-order valence-corrected chi connectivity index (χ3v) is 8.12. The lowest BCUT2D eigenvalue weighted by atomic mass is 9.93. The molecule has 1 fully saturated rings. The Hall–Kier alpha value is -4.53. The summed E-state index contributed by atoms with van der Waals surface area (Å²) in [6.07, 6.45) is 6.04. The van der Waals surface area contributed by atoms with Crippen LogP contribution in [0.5, 0.6) is 17.2 Å². The van der Waals surface area contributed by atoms with Crippen LogP contribution in [0.3, 0.4) is 0 Å². The molecule has 1 N–H and O–H groups in total. The van der Waals surface area contributed by atoms with Crippen molar-refractivity contribution < 1.29 is 23.8 Å². The standard InChI is InChI=1S/C34H40N4O5/c1-41-29-20-25(21-30(42-2)33(29)43-3)34(40)35-19-18-31-36-27-16-10-11-17-28(27)38(31)23-32(39)37(26-14-8-5-9-15-26)22-24-12-6-4-7-13-24/h4,6-7,10-13,16-17,20-21,26H,5,8-9,14-15,18-19,22-23H2,1-3H3,(H,35,40). The number of hydrogen-bond acceptors (Lipinski definition) is 6. The van der Waals surface area contributed by atoms with Crippen molar-refractivity contribution in [3.05, 3.63) is 83.7 Å². The van der Waals surface area contributed by atoms with E-state index in [1.54, 1.807) is 12.1 Å². The second-order valence-corrected chi connectivity index (χ2v) is 10.8. The van der Waals surface area contributed by atoms with Crippen LogP contribution in [-0.4, -0.2) is 60.2 Å². The summed E-state index contributed by atoms with van der Waals surface area (Å²) in [6.45, 7) is 1.13. The Morgan fingerprint density at radius 1 is 0.907 bits per heavy atom. The Kier molecular flexibility index (Phi) is 9.81. The van der Waals surface area contributed by atoms with Crippen LogP contribution in [-0.2, 0) is 24.3 Å². The van der Waals surface area contributed by atoms with Gasteiger partial charge < -0.3 is 29.0 Å². The quantitative estimate of drug-likeness (QED) is 0.240. The average Bonchev–Trinajstić information content (AvgIpc) is 3.40. The van der Waals surface area contributed by atoms with Crippen molar-refractivity contribution in [2.45, 2.75) is 57.7 Å². The molecule has 0 unspecified atom stereocenters. The molecule has 1 aliphatic carbocycles. The molecule has 0 bridgehead atoms. The third kappa shape index (κ3) is 6.93. The molecule has 1 aliphatic rings. The van der Waals surface area contributed by atoms with Crippen LogP contribution in [0.2, 0.25) is 0 Å². The van der Waals surface area contributed by atoms with E-state index in [-0.39, 0.29) is 24.4 Å². The van der Waals surface area contributed by atoms with E-state index in [1.807, 2.05) is 47.0 Å². The zero-order chi connectivity index (χ0) is 30.2. The number of nitrogens with one attached hydrogen (secondary N) is 1. The fraction of sp³-hybridized carbons (Fsp3) is 0.382. The van der Waals surface area contributed by atoms with Crippen molar-refractivity contribution in [2.24, 2.45) is 0 Å². The maximum Gasteiger partial charge on any atom is 0.251 e. The highest BCUT2D eigenvalue weighted by molar-refractivity contribution is 5.95. The Bertz CT molecular complexity index is 1520. The summed E-state index contributed by atoms with van der Waals surface area (Å²) in [6, 6.07) is 21.5. The van der Waals surface area contributed by atoms with Crippen molar-refractivity contribution in [1.82, 2.24) is 19.8 Å². The summed E-state index contributed by atoms with van der Waals surface area (Å²) in [5, 5.41) is 2.98. The van der Waals surface area contributed by atoms with Gasteiger partial charge in [0, 0.05) is 31.1 Å². The van der Waals surface area contributed by atoms with Gasteiger partial charge in [0.2, 0.25) is 11.7 Å².